The van der Waals surface area contributed by atoms with E-state index < -0.39 is 5.60 Å². The fourth-order valence-corrected chi connectivity index (χ4v) is 4.01. The lowest BCUT2D eigenvalue weighted by Gasteiger charge is -2.22. The van der Waals surface area contributed by atoms with Crippen molar-refractivity contribution in [2.75, 3.05) is 19.3 Å². The van der Waals surface area contributed by atoms with E-state index in [4.69, 9.17) is 0 Å². The quantitative estimate of drug-likeness (QED) is 0.359. The lowest BCUT2D eigenvalue weighted by Crippen LogP contribution is -2.43. The fraction of sp³-hybridized carbons (Fsp3) is 0.933. The van der Waals surface area contributed by atoms with E-state index in [0.29, 0.717) is 12.6 Å². The van der Waals surface area contributed by atoms with Gasteiger partial charge in [0.15, 0.2) is 5.96 Å². The molecule has 0 aromatic rings. The fourth-order valence-electron chi connectivity index (χ4n) is 3.22. The van der Waals surface area contributed by atoms with Gasteiger partial charge in [-0.05, 0) is 45.3 Å². The summed E-state index contributed by atoms with van der Waals surface area (Å²) in [4.78, 5) is 4.62. The molecule has 2 rings (SSSR count). The Morgan fingerprint density at radius 1 is 1.33 bits per heavy atom. The van der Waals surface area contributed by atoms with Crippen molar-refractivity contribution in [3.05, 3.63) is 0 Å². The molecule has 6 heteroatoms. The van der Waals surface area contributed by atoms with Gasteiger partial charge in [-0.25, -0.2) is 0 Å². The number of guanidine groups is 1. The maximum absolute atomic E-state index is 10.4. The number of hydrogen-bond donors (Lipinski definition) is 3. The van der Waals surface area contributed by atoms with Crippen LogP contribution < -0.4 is 10.6 Å². The van der Waals surface area contributed by atoms with Gasteiger partial charge in [0.1, 0.15) is 0 Å². The predicted octanol–water partition coefficient (Wildman–Crippen LogP) is 2.75. The molecule has 0 aliphatic heterocycles. The summed E-state index contributed by atoms with van der Waals surface area (Å²) in [6.07, 6.45) is 9.99. The summed E-state index contributed by atoms with van der Waals surface area (Å²) in [5.41, 5.74) is -0.556. The number of rotatable bonds is 5. The van der Waals surface area contributed by atoms with Crippen LogP contribution in [0.25, 0.3) is 0 Å². The van der Waals surface area contributed by atoms with E-state index in [1.54, 1.807) is 0 Å². The van der Waals surface area contributed by atoms with Crippen molar-refractivity contribution in [2.24, 2.45) is 4.99 Å². The first kappa shape index (κ1) is 19.4. The number of nitrogens with one attached hydrogen (secondary N) is 2. The monoisotopic (exact) mass is 427 g/mol. The molecule has 2 atom stereocenters. The first-order chi connectivity index (χ1) is 9.65. The summed E-state index contributed by atoms with van der Waals surface area (Å²) in [5, 5.41) is 18.0. The molecule has 0 saturated heterocycles. The molecule has 124 valence electrons. The van der Waals surface area contributed by atoms with E-state index in [1.165, 1.54) is 19.3 Å². The Labute approximate surface area is 150 Å². The number of halogens is 1. The Balaban J connectivity index is 0.00000220. The molecule has 0 radical (unpaired) electrons. The van der Waals surface area contributed by atoms with E-state index in [-0.39, 0.29) is 24.0 Å². The Morgan fingerprint density at radius 3 is 2.62 bits per heavy atom. The second kappa shape index (κ2) is 9.45. The summed E-state index contributed by atoms with van der Waals surface area (Å²) in [7, 11) is 0. The second-order valence-electron chi connectivity index (χ2n) is 6.14. The predicted molar refractivity (Wildman–Crippen MR) is 103 cm³/mol. The molecule has 0 amide bonds. The minimum Gasteiger partial charge on any atom is -0.388 e. The summed E-state index contributed by atoms with van der Waals surface area (Å²) in [6, 6.07) is 0.531. The molecule has 21 heavy (non-hydrogen) atoms. The van der Waals surface area contributed by atoms with Gasteiger partial charge in [0.2, 0.25) is 0 Å². The summed E-state index contributed by atoms with van der Waals surface area (Å²) in [5.74, 6) is 0.875. The minimum atomic E-state index is -0.556. The second-order valence-corrected chi connectivity index (χ2v) is 7.28. The van der Waals surface area contributed by atoms with Crippen molar-refractivity contribution in [1.29, 1.82) is 0 Å². The molecule has 0 spiro atoms. The van der Waals surface area contributed by atoms with Crippen molar-refractivity contribution >= 4 is 41.7 Å². The highest BCUT2D eigenvalue weighted by molar-refractivity contribution is 14.0. The minimum absolute atomic E-state index is 0. The van der Waals surface area contributed by atoms with Gasteiger partial charge in [0.05, 0.1) is 12.1 Å². The van der Waals surface area contributed by atoms with Crippen LogP contribution in [0, 0.1) is 0 Å². The molecule has 0 aromatic carbocycles. The van der Waals surface area contributed by atoms with Crippen molar-refractivity contribution < 1.29 is 5.11 Å². The molecular formula is C15H30IN3OS. The van der Waals surface area contributed by atoms with Crippen molar-refractivity contribution in [3.63, 3.8) is 0 Å². The first-order valence-corrected chi connectivity index (χ1v) is 9.24. The van der Waals surface area contributed by atoms with E-state index in [2.05, 4.69) is 28.8 Å². The van der Waals surface area contributed by atoms with Gasteiger partial charge in [0, 0.05) is 17.8 Å². The first-order valence-electron chi connectivity index (χ1n) is 7.95. The molecule has 2 aliphatic carbocycles. The highest BCUT2D eigenvalue weighted by Gasteiger charge is 2.31. The maximum Gasteiger partial charge on any atom is 0.191 e. The van der Waals surface area contributed by atoms with E-state index >= 15 is 0 Å². The largest absolute Gasteiger partial charge is 0.388 e. The summed E-state index contributed by atoms with van der Waals surface area (Å²) >= 11 is 1.97. The Hall–Kier alpha value is 0.310. The molecule has 2 fully saturated rings. The normalized spacial score (nSPS) is 28.2. The molecule has 2 unspecified atom stereocenters. The third-order valence-corrected chi connectivity index (χ3v) is 5.56. The average Bonchev–Trinajstić information content (AvgIpc) is 3.06. The SMILES string of the molecule is CCNC(=NCC1(O)CCCC1)NC1CCC(SC)C1.I. The zero-order valence-corrected chi connectivity index (χ0v) is 16.4. The molecule has 4 nitrogen and oxygen atoms in total. The third-order valence-electron chi connectivity index (χ3n) is 4.47. The number of hydrogen-bond acceptors (Lipinski definition) is 3. The molecule has 0 aromatic heterocycles. The van der Waals surface area contributed by atoms with Gasteiger partial charge in [-0.3, -0.25) is 4.99 Å². The number of aliphatic imine (C=N–C) groups is 1. The zero-order chi connectivity index (χ0) is 14.4. The van der Waals surface area contributed by atoms with Crippen LogP contribution in [-0.4, -0.2) is 47.3 Å². The maximum atomic E-state index is 10.4. The average molecular weight is 427 g/mol. The lowest BCUT2D eigenvalue weighted by atomic mass is 10.0. The molecular weight excluding hydrogens is 397 g/mol. The summed E-state index contributed by atoms with van der Waals surface area (Å²) < 4.78 is 0. The van der Waals surface area contributed by atoms with E-state index in [9.17, 15) is 5.11 Å². The molecule has 0 bridgehead atoms. The van der Waals surface area contributed by atoms with Crippen molar-refractivity contribution in [3.8, 4) is 0 Å². The van der Waals surface area contributed by atoms with Crippen LogP contribution in [0.5, 0.6) is 0 Å². The Bertz CT molecular complexity index is 335. The van der Waals surface area contributed by atoms with Gasteiger partial charge >= 0.3 is 0 Å². The van der Waals surface area contributed by atoms with Crippen LogP contribution in [0.15, 0.2) is 4.99 Å². The van der Waals surface area contributed by atoms with E-state index in [0.717, 1.165) is 43.4 Å². The van der Waals surface area contributed by atoms with Crippen LogP contribution in [0.1, 0.15) is 51.9 Å². The highest BCUT2D eigenvalue weighted by Crippen LogP contribution is 2.30. The summed E-state index contributed by atoms with van der Waals surface area (Å²) in [6.45, 7) is 3.48. The van der Waals surface area contributed by atoms with Crippen LogP contribution in [0.2, 0.25) is 0 Å². The van der Waals surface area contributed by atoms with Gasteiger partial charge < -0.3 is 15.7 Å². The van der Waals surface area contributed by atoms with Crippen LogP contribution in [0.3, 0.4) is 0 Å². The number of nitrogens with zero attached hydrogens (tertiary/aromatic N) is 1. The van der Waals surface area contributed by atoms with Gasteiger partial charge in [0.25, 0.3) is 0 Å². The number of thioether (sulfide) groups is 1. The van der Waals surface area contributed by atoms with Crippen LogP contribution in [0.4, 0.5) is 0 Å². The highest BCUT2D eigenvalue weighted by atomic mass is 127. The van der Waals surface area contributed by atoms with Gasteiger partial charge in [-0.15, -0.1) is 24.0 Å². The third kappa shape index (κ3) is 6.14. The molecule has 2 saturated carbocycles. The van der Waals surface area contributed by atoms with Gasteiger partial charge in [-0.1, -0.05) is 12.8 Å². The van der Waals surface area contributed by atoms with Crippen LogP contribution in [-0.2, 0) is 0 Å². The molecule has 3 N–H and O–H groups in total. The van der Waals surface area contributed by atoms with Crippen molar-refractivity contribution in [2.45, 2.75) is 68.8 Å². The molecule has 0 heterocycles. The Kier molecular flexibility index (Phi) is 8.71. The van der Waals surface area contributed by atoms with Crippen LogP contribution >= 0.6 is 35.7 Å². The standard InChI is InChI=1S/C15H29N3OS.HI/c1-3-16-14(17-11-15(19)8-4-5-9-15)18-12-6-7-13(10-12)20-2;/h12-13,19H,3-11H2,1-2H3,(H2,16,17,18);1H. The van der Waals surface area contributed by atoms with Crippen molar-refractivity contribution in [1.82, 2.24) is 10.6 Å². The van der Waals surface area contributed by atoms with E-state index in [1.807, 2.05) is 11.8 Å². The number of aliphatic hydroxyl groups is 1. The zero-order valence-electron chi connectivity index (χ0n) is 13.2. The topological polar surface area (TPSA) is 56.7 Å². The Morgan fingerprint density at radius 2 is 2.05 bits per heavy atom. The smallest absolute Gasteiger partial charge is 0.191 e. The van der Waals surface area contributed by atoms with Gasteiger partial charge in [-0.2, -0.15) is 11.8 Å². The molecule has 2 aliphatic rings. The lowest BCUT2D eigenvalue weighted by molar-refractivity contribution is 0.0574.